The Bertz CT molecular complexity index is 1440. The van der Waals surface area contributed by atoms with Gasteiger partial charge in [0.2, 0.25) is 0 Å². The smallest absolute Gasteiger partial charge is 0.173 e. The Morgan fingerprint density at radius 1 is 0.758 bits per heavy atom. The average molecular weight is 475 g/mol. The van der Waals surface area contributed by atoms with Gasteiger partial charge in [-0.15, -0.1) is 0 Å². The lowest BCUT2D eigenvalue weighted by Crippen LogP contribution is -1.95. The number of hydrogen-bond donors (Lipinski definition) is 0. The second kappa shape index (κ2) is 8.81. The Balaban J connectivity index is 1.63. The van der Waals surface area contributed by atoms with E-state index < -0.39 is 0 Å². The van der Waals surface area contributed by atoms with E-state index in [4.69, 9.17) is 37.8 Å². The zero-order chi connectivity index (χ0) is 22.9. The van der Waals surface area contributed by atoms with E-state index in [0.29, 0.717) is 21.5 Å². The number of nitrogens with zero attached hydrogens (tertiary/aromatic N) is 2. The van der Waals surface area contributed by atoms with Crippen LogP contribution in [0, 0.1) is 6.92 Å². The predicted molar refractivity (Wildman–Crippen MR) is 134 cm³/mol. The molecular weight excluding hydrogens is 455 g/mol. The minimum absolute atomic E-state index is 0.537. The molecule has 0 N–H and O–H groups in total. The van der Waals surface area contributed by atoms with Gasteiger partial charge in [-0.2, -0.15) is 5.10 Å². The van der Waals surface area contributed by atoms with E-state index in [1.807, 2.05) is 73.8 Å². The van der Waals surface area contributed by atoms with Crippen molar-refractivity contribution in [2.24, 2.45) is 0 Å². The van der Waals surface area contributed by atoms with Crippen LogP contribution in [0.5, 0.6) is 17.2 Å². The highest BCUT2D eigenvalue weighted by atomic mass is 35.5. The first-order valence-electron chi connectivity index (χ1n) is 10.4. The van der Waals surface area contributed by atoms with Gasteiger partial charge < -0.3 is 9.47 Å². The van der Waals surface area contributed by atoms with Gasteiger partial charge in [-0.05, 0) is 66.2 Å². The van der Waals surface area contributed by atoms with Crippen LogP contribution in [0.3, 0.4) is 0 Å². The summed E-state index contributed by atoms with van der Waals surface area (Å²) in [5, 5.41) is 8.07. The van der Waals surface area contributed by atoms with Crippen molar-refractivity contribution in [1.29, 1.82) is 0 Å². The third-order valence-corrected chi connectivity index (χ3v) is 5.80. The van der Waals surface area contributed by atoms with Gasteiger partial charge in [0, 0.05) is 15.6 Å². The summed E-state index contributed by atoms with van der Waals surface area (Å²) < 4.78 is 13.3. The van der Waals surface area contributed by atoms with Crippen molar-refractivity contribution in [2.45, 2.75) is 6.92 Å². The van der Waals surface area contributed by atoms with Crippen molar-refractivity contribution in [3.8, 4) is 34.2 Å². The fourth-order valence-electron chi connectivity index (χ4n) is 3.67. The van der Waals surface area contributed by atoms with E-state index in [9.17, 15) is 0 Å². The normalized spacial score (nSPS) is 11.0. The molecule has 4 aromatic carbocycles. The second-order valence-corrected chi connectivity index (χ2v) is 8.63. The average Bonchev–Trinajstić information content (AvgIpc) is 3.23. The summed E-state index contributed by atoms with van der Waals surface area (Å²) in [6.45, 7) is 2.04. The van der Waals surface area contributed by atoms with Crippen molar-refractivity contribution in [3.63, 3.8) is 0 Å². The maximum Gasteiger partial charge on any atom is 0.173 e. The summed E-state index contributed by atoms with van der Waals surface area (Å²) in [6.07, 6.45) is 1.84. The quantitative estimate of drug-likeness (QED) is 0.258. The van der Waals surface area contributed by atoms with Gasteiger partial charge in [-0.3, -0.25) is 0 Å². The van der Waals surface area contributed by atoms with Crippen LogP contribution in [0.2, 0.25) is 10.0 Å². The van der Waals surface area contributed by atoms with Gasteiger partial charge in [0.25, 0.3) is 0 Å². The monoisotopic (exact) mass is 474 g/mol. The van der Waals surface area contributed by atoms with Gasteiger partial charge in [0.05, 0.1) is 19.0 Å². The molecule has 0 aliphatic heterocycles. The maximum atomic E-state index is 6.26. The van der Waals surface area contributed by atoms with Gasteiger partial charge in [0.15, 0.2) is 5.75 Å². The van der Waals surface area contributed by atoms with Crippen molar-refractivity contribution >= 4 is 34.0 Å². The summed E-state index contributed by atoms with van der Waals surface area (Å²) >= 11 is 12.5. The molecule has 1 aromatic heterocycles. The Labute approximate surface area is 201 Å². The number of rotatable bonds is 5. The van der Waals surface area contributed by atoms with Crippen LogP contribution in [-0.2, 0) is 0 Å². The molecule has 0 amide bonds. The number of aryl methyl sites for hydroxylation is 1. The number of benzene rings is 4. The first-order valence-corrected chi connectivity index (χ1v) is 11.1. The topological polar surface area (TPSA) is 36.3 Å². The molecule has 0 fully saturated rings. The highest BCUT2D eigenvalue weighted by molar-refractivity contribution is 6.34. The Kier molecular flexibility index (Phi) is 5.71. The lowest BCUT2D eigenvalue weighted by Gasteiger charge is -2.08. The Morgan fingerprint density at radius 2 is 1.42 bits per heavy atom. The van der Waals surface area contributed by atoms with Gasteiger partial charge in [-0.25, -0.2) is 4.68 Å². The van der Waals surface area contributed by atoms with Crippen molar-refractivity contribution in [2.75, 3.05) is 7.11 Å². The molecule has 0 bridgehead atoms. The van der Waals surface area contributed by atoms with Crippen LogP contribution >= 0.6 is 23.2 Å². The van der Waals surface area contributed by atoms with E-state index in [1.165, 1.54) is 0 Å². The zero-order valence-corrected chi connectivity index (χ0v) is 19.6. The lowest BCUT2D eigenvalue weighted by molar-refractivity contribution is 0.415. The summed E-state index contributed by atoms with van der Waals surface area (Å²) in [7, 11) is 1.67. The molecule has 0 aliphatic carbocycles. The van der Waals surface area contributed by atoms with Crippen LogP contribution in [0.15, 0.2) is 85.1 Å². The van der Waals surface area contributed by atoms with Gasteiger partial charge in [0.1, 0.15) is 17.2 Å². The molecule has 0 radical (unpaired) electrons. The predicted octanol–water partition coefficient (Wildman–Crippen LogP) is 8.11. The number of halogens is 2. The van der Waals surface area contributed by atoms with Crippen molar-refractivity contribution in [3.05, 3.63) is 101 Å². The number of ether oxygens (including phenoxy) is 2. The molecule has 6 heteroatoms. The minimum atomic E-state index is 0.537. The molecule has 0 atom stereocenters. The highest BCUT2D eigenvalue weighted by Gasteiger charge is 2.16. The zero-order valence-electron chi connectivity index (χ0n) is 18.0. The summed E-state index contributed by atoms with van der Waals surface area (Å²) in [5.41, 5.74) is 3.56. The molecule has 1 heterocycles. The minimum Gasteiger partial charge on any atom is -0.497 e. The molecule has 33 heavy (non-hydrogen) atoms. The lowest BCUT2D eigenvalue weighted by atomic mass is 10.0. The van der Waals surface area contributed by atoms with E-state index in [1.54, 1.807) is 17.9 Å². The first kappa shape index (κ1) is 21.4. The molecule has 0 spiro atoms. The van der Waals surface area contributed by atoms with Crippen molar-refractivity contribution < 1.29 is 9.47 Å². The Hall–Kier alpha value is -3.47. The molecule has 164 valence electrons. The molecule has 5 aromatic rings. The molecule has 0 unspecified atom stereocenters. The fourth-order valence-corrected chi connectivity index (χ4v) is 4.18. The van der Waals surface area contributed by atoms with E-state index >= 15 is 0 Å². The van der Waals surface area contributed by atoms with Crippen LogP contribution in [0.25, 0.3) is 27.7 Å². The summed E-state index contributed by atoms with van der Waals surface area (Å²) in [4.78, 5) is 0. The van der Waals surface area contributed by atoms with Gasteiger partial charge >= 0.3 is 0 Å². The molecule has 0 aliphatic rings. The number of methoxy groups -OCH3 is 1. The SMILES string of the molecule is COc1ccc2cc(-c3nn(-c4cc(Cl)cc(Cl)c4)cc3Oc3ccc(C)cc3)ccc2c1. The molecule has 0 saturated heterocycles. The largest absolute Gasteiger partial charge is 0.497 e. The third kappa shape index (κ3) is 4.54. The second-order valence-electron chi connectivity index (χ2n) is 7.76. The van der Waals surface area contributed by atoms with Crippen LogP contribution in [-0.4, -0.2) is 16.9 Å². The van der Waals surface area contributed by atoms with Crippen LogP contribution in [0.1, 0.15) is 5.56 Å². The van der Waals surface area contributed by atoms with E-state index in [-0.39, 0.29) is 0 Å². The summed E-state index contributed by atoms with van der Waals surface area (Å²) in [5.74, 6) is 2.18. The van der Waals surface area contributed by atoms with E-state index in [0.717, 1.165) is 39.1 Å². The number of fused-ring (bicyclic) bond motifs is 1. The molecule has 4 nitrogen and oxygen atoms in total. The third-order valence-electron chi connectivity index (χ3n) is 5.36. The fraction of sp³-hybridized carbons (Fsp3) is 0.0741. The maximum absolute atomic E-state index is 6.26. The highest BCUT2D eigenvalue weighted by Crippen LogP contribution is 2.36. The summed E-state index contributed by atoms with van der Waals surface area (Å²) in [6, 6.07) is 25.4. The number of aromatic nitrogens is 2. The van der Waals surface area contributed by atoms with Crippen LogP contribution in [0.4, 0.5) is 0 Å². The number of hydrogen-bond acceptors (Lipinski definition) is 3. The molecule has 5 rings (SSSR count). The molecule has 0 saturated carbocycles. The first-order chi connectivity index (χ1) is 16.0. The van der Waals surface area contributed by atoms with Crippen molar-refractivity contribution in [1.82, 2.24) is 9.78 Å². The van der Waals surface area contributed by atoms with Gasteiger partial charge in [-0.1, -0.05) is 59.1 Å². The standard InChI is InChI=1S/C27H20Cl2N2O2/c1-17-3-8-24(9-4-17)33-26-16-31(23-14-21(28)13-22(29)15-23)30-27(26)20-6-5-19-12-25(32-2)10-7-18(19)11-20/h3-16H,1-2H3. The Morgan fingerprint density at radius 3 is 2.15 bits per heavy atom. The van der Waals surface area contributed by atoms with E-state index in [2.05, 4.69) is 12.1 Å². The van der Waals surface area contributed by atoms with Crippen LogP contribution < -0.4 is 9.47 Å². The molecular formula is C27H20Cl2N2O2.